The standard InChI is InChI=1S/C39H36/c1-2-5-20(6-3-1)34-26-13-14-27(34)37-31-19-30(36(26)37)38-28-15-16-29(39(31)38)35(28)25-17-23-11-9-21-7-4-8-22-10-12-24(18-25)33(23)32(21)22/h1-12,17-18,26-31,34-39H,13-16,19H2. The van der Waals surface area contributed by atoms with Crippen molar-refractivity contribution in [3.05, 3.63) is 96.1 Å². The highest BCUT2D eigenvalue weighted by Gasteiger charge is 2.73. The molecule has 0 saturated heterocycles. The van der Waals surface area contributed by atoms with Crippen LogP contribution in [0.3, 0.4) is 0 Å². The van der Waals surface area contributed by atoms with Crippen LogP contribution in [0.4, 0.5) is 0 Å². The van der Waals surface area contributed by atoms with Gasteiger partial charge in [0, 0.05) is 0 Å². The fourth-order valence-electron chi connectivity index (χ4n) is 13.5. The second-order valence-electron chi connectivity index (χ2n) is 14.7. The molecule has 0 heterocycles. The van der Waals surface area contributed by atoms with Gasteiger partial charge in [-0.15, -0.1) is 0 Å². The zero-order valence-electron chi connectivity index (χ0n) is 22.5. The summed E-state index contributed by atoms with van der Waals surface area (Å²) in [6.45, 7) is 0. The largest absolute Gasteiger partial charge is 0.0622 e. The van der Waals surface area contributed by atoms with E-state index in [4.69, 9.17) is 0 Å². The SMILES string of the molecule is c1ccc(C2C3CCC2C2C4CC(C32)C2C3CCC(C3c3cc5ccc6cccc7ccc(c3)c5c67)C42)cc1. The maximum Gasteiger partial charge on any atom is -0.00266 e. The quantitative estimate of drug-likeness (QED) is 0.166. The molecule has 0 heteroatoms. The monoisotopic (exact) mass is 504 g/mol. The van der Waals surface area contributed by atoms with E-state index in [1.54, 1.807) is 17.5 Å². The maximum atomic E-state index is 2.64. The molecule has 0 aromatic heterocycles. The molecule has 6 saturated carbocycles. The Balaban J connectivity index is 1.00. The fraction of sp³-hybridized carbons (Fsp3) is 0.436. The summed E-state index contributed by atoms with van der Waals surface area (Å²) >= 11 is 0. The fourth-order valence-corrected chi connectivity index (χ4v) is 13.5. The second kappa shape index (κ2) is 7.06. The smallest absolute Gasteiger partial charge is 0.00266 e. The van der Waals surface area contributed by atoms with Crippen molar-refractivity contribution in [3.8, 4) is 0 Å². The van der Waals surface area contributed by atoms with E-state index in [9.17, 15) is 0 Å². The maximum absolute atomic E-state index is 2.64. The molecule has 39 heavy (non-hydrogen) atoms. The van der Waals surface area contributed by atoms with Crippen LogP contribution in [0.25, 0.3) is 32.3 Å². The minimum atomic E-state index is 0.814. The third kappa shape index (κ3) is 2.39. The topological polar surface area (TPSA) is 0 Å². The van der Waals surface area contributed by atoms with Crippen molar-refractivity contribution < 1.29 is 0 Å². The summed E-state index contributed by atoms with van der Waals surface area (Å²) in [5.74, 6) is 11.8. The first-order valence-electron chi connectivity index (χ1n) is 16.1. The molecular formula is C39H36. The second-order valence-corrected chi connectivity index (χ2v) is 14.7. The first-order valence-corrected chi connectivity index (χ1v) is 16.1. The van der Waals surface area contributed by atoms with Gasteiger partial charge in [-0.3, -0.25) is 0 Å². The Labute approximate surface area is 231 Å². The van der Waals surface area contributed by atoms with E-state index in [1.807, 2.05) is 0 Å². The van der Waals surface area contributed by atoms with E-state index in [0.29, 0.717) is 0 Å². The number of benzene rings is 5. The zero-order valence-corrected chi connectivity index (χ0v) is 22.5. The van der Waals surface area contributed by atoms with Gasteiger partial charge in [0.05, 0.1) is 0 Å². The summed E-state index contributed by atoms with van der Waals surface area (Å²) in [5.41, 5.74) is 3.37. The van der Waals surface area contributed by atoms with Crippen LogP contribution < -0.4 is 0 Å². The number of hydrogen-bond acceptors (Lipinski definition) is 0. The highest BCUT2D eigenvalue weighted by Crippen LogP contribution is 2.80. The van der Waals surface area contributed by atoms with E-state index >= 15 is 0 Å². The molecule has 0 spiro atoms. The molecule has 0 radical (unpaired) electrons. The van der Waals surface area contributed by atoms with Crippen LogP contribution in [-0.4, -0.2) is 0 Å². The zero-order chi connectivity index (χ0) is 25.0. The molecule has 6 aliphatic carbocycles. The van der Waals surface area contributed by atoms with Crippen molar-refractivity contribution in [2.75, 3.05) is 0 Å². The van der Waals surface area contributed by atoms with Crippen LogP contribution in [0.2, 0.25) is 0 Å². The summed E-state index contributed by atoms with van der Waals surface area (Å²) in [4.78, 5) is 0. The van der Waals surface area contributed by atoms with Gasteiger partial charge in [-0.2, -0.15) is 0 Å². The molecule has 11 rings (SSSR count). The van der Waals surface area contributed by atoms with Gasteiger partial charge in [0.15, 0.2) is 0 Å². The Morgan fingerprint density at radius 3 is 1.38 bits per heavy atom. The average molecular weight is 505 g/mol. The Kier molecular flexibility index (Phi) is 3.80. The van der Waals surface area contributed by atoms with Crippen LogP contribution in [0.15, 0.2) is 84.9 Å². The summed E-state index contributed by atoms with van der Waals surface area (Å²) < 4.78 is 0. The molecule has 0 aliphatic heterocycles. The van der Waals surface area contributed by atoms with Gasteiger partial charge in [-0.25, -0.2) is 0 Å². The normalized spacial score (nSPS) is 42.9. The van der Waals surface area contributed by atoms with Crippen LogP contribution in [0, 0.1) is 59.2 Å². The van der Waals surface area contributed by atoms with Crippen molar-refractivity contribution in [3.63, 3.8) is 0 Å². The Bertz CT molecular complexity index is 1680. The predicted molar refractivity (Wildman–Crippen MR) is 160 cm³/mol. The molecule has 0 amide bonds. The van der Waals surface area contributed by atoms with Crippen LogP contribution in [0.5, 0.6) is 0 Å². The van der Waals surface area contributed by atoms with E-state index in [1.165, 1.54) is 58.0 Å². The van der Waals surface area contributed by atoms with Gasteiger partial charge in [-0.1, -0.05) is 84.9 Å². The van der Waals surface area contributed by atoms with Gasteiger partial charge < -0.3 is 0 Å². The number of fused-ring (bicyclic) bond motifs is 16. The minimum absolute atomic E-state index is 0.814. The van der Waals surface area contributed by atoms with Crippen molar-refractivity contribution in [1.82, 2.24) is 0 Å². The van der Waals surface area contributed by atoms with Crippen molar-refractivity contribution in [2.45, 2.75) is 43.9 Å². The Hall–Kier alpha value is -2.86. The Morgan fingerprint density at radius 1 is 0.385 bits per heavy atom. The molecule has 10 unspecified atom stereocenters. The van der Waals surface area contributed by atoms with Crippen molar-refractivity contribution >= 4 is 32.3 Å². The molecule has 192 valence electrons. The average Bonchev–Trinajstić information content (AvgIpc) is 3.82. The molecule has 10 atom stereocenters. The van der Waals surface area contributed by atoms with E-state index < -0.39 is 0 Å². The Morgan fingerprint density at radius 2 is 0.846 bits per heavy atom. The molecule has 5 aromatic carbocycles. The number of rotatable bonds is 2. The molecule has 5 aromatic rings. The summed E-state index contributed by atoms with van der Waals surface area (Å²) in [5, 5.41) is 8.71. The van der Waals surface area contributed by atoms with Gasteiger partial charge in [0.2, 0.25) is 0 Å². The first kappa shape index (κ1) is 21.0. The highest BCUT2D eigenvalue weighted by molar-refractivity contribution is 6.23. The lowest BCUT2D eigenvalue weighted by Crippen LogP contribution is -2.40. The van der Waals surface area contributed by atoms with Crippen LogP contribution in [-0.2, 0) is 0 Å². The van der Waals surface area contributed by atoms with Crippen molar-refractivity contribution in [2.24, 2.45) is 59.2 Å². The van der Waals surface area contributed by atoms with E-state index in [2.05, 4.69) is 84.9 Å². The van der Waals surface area contributed by atoms with Crippen LogP contribution >= 0.6 is 0 Å². The van der Waals surface area contributed by atoms with Gasteiger partial charge in [0.25, 0.3) is 0 Å². The lowest BCUT2D eigenvalue weighted by Gasteiger charge is -2.45. The van der Waals surface area contributed by atoms with E-state index in [0.717, 1.165) is 71.0 Å². The lowest BCUT2D eigenvalue weighted by atomic mass is 9.60. The lowest BCUT2D eigenvalue weighted by molar-refractivity contribution is 0.0263. The van der Waals surface area contributed by atoms with Gasteiger partial charge >= 0.3 is 0 Å². The van der Waals surface area contributed by atoms with Crippen molar-refractivity contribution in [1.29, 1.82) is 0 Å². The molecule has 0 N–H and O–H groups in total. The molecule has 6 bridgehead atoms. The third-order valence-electron chi connectivity index (χ3n) is 14.0. The highest BCUT2D eigenvalue weighted by atomic mass is 14.8. The summed E-state index contributed by atoms with van der Waals surface area (Å²) in [6, 6.07) is 33.4. The van der Waals surface area contributed by atoms with Gasteiger partial charge in [0.1, 0.15) is 0 Å². The summed E-state index contributed by atoms with van der Waals surface area (Å²) in [7, 11) is 0. The molecular weight excluding hydrogens is 468 g/mol. The molecule has 6 fully saturated rings. The van der Waals surface area contributed by atoms with Crippen LogP contribution in [0.1, 0.15) is 55.1 Å². The molecule has 6 aliphatic rings. The van der Waals surface area contributed by atoms with E-state index in [-0.39, 0.29) is 0 Å². The van der Waals surface area contributed by atoms with Gasteiger partial charge in [-0.05, 0) is 147 Å². The predicted octanol–water partition coefficient (Wildman–Crippen LogP) is 9.65. The third-order valence-corrected chi connectivity index (χ3v) is 14.0. The minimum Gasteiger partial charge on any atom is -0.0622 e. The summed E-state index contributed by atoms with van der Waals surface area (Å²) in [6.07, 6.45) is 7.62. The molecule has 0 nitrogen and oxygen atoms in total. The first-order chi connectivity index (χ1) is 19.3. The number of hydrogen-bond donors (Lipinski definition) is 0.